The maximum Gasteiger partial charge on any atom is 0.0294 e. The lowest BCUT2D eigenvalue weighted by Gasteiger charge is -2.21. The summed E-state index contributed by atoms with van der Waals surface area (Å²) in [6, 6.07) is 8.73. The third kappa shape index (κ3) is 2.75. The molecule has 0 nitrogen and oxygen atoms in total. The molecule has 0 heterocycles. The molecule has 0 saturated carbocycles. The van der Waals surface area contributed by atoms with Crippen molar-refractivity contribution in [1.29, 1.82) is 0 Å². The summed E-state index contributed by atoms with van der Waals surface area (Å²) in [6.45, 7) is 6.61. The largest absolute Gasteiger partial charge is 0.126 e. The second-order valence-corrected chi connectivity index (χ2v) is 4.37. The van der Waals surface area contributed by atoms with Gasteiger partial charge in [-0.3, -0.25) is 0 Å². The van der Waals surface area contributed by atoms with E-state index in [2.05, 4.69) is 45.0 Å². The fraction of sp³-hybridized carbons (Fsp3) is 0.538. The summed E-state index contributed by atoms with van der Waals surface area (Å²) in [4.78, 5) is 0. The fourth-order valence-electron chi connectivity index (χ4n) is 1.67. The molecule has 0 saturated heterocycles. The molecule has 14 heavy (non-hydrogen) atoms. The van der Waals surface area contributed by atoms with Crippen LogP contribution in [0, 0.1) is 12.8 Å². The molecule has 1 aromatic rings. The predicted octanol–water partition coefficient (Wildman–Crippen LogP) is 4.36. The molecule has 78 valence electrons. The summed E-state index contributed by atoms with van der Waals surface area (Å²) < 4.78 is 0. The van der Waals surface area contributed by atoms with Crippen LogP contribution in [0.2, 0.25) is 0 Å². The Hall–Kier alpha value is -0.490. The van der Waals surface area contributed by atoms with Crippen molar-refractivity contribution in [2.45, 2.75) is 33.1 Å². The van der Waals surface area contributed by atoms with E-state index in [1.807, 2.05) is 0 Å². The van der Waals surface area contributed by atoms with Gasteiger partial charge in [0.25, 0.3) is 0 Å². The quantitative estimate of drug-likeness (QED) is 0.648. The lowest BCUT2D eigenvalue weighted by molar-refractivity contribution is 0.477. The summed E-state index contributed by atoms with van der Waals surface area (Å²) >= 11 is 6.02. The first-order valence-electron chi connectivity index (χ1n) is 5.31. The van der Waals surface area contributed by atoms with Crippen LogP contribution in [0.4, 0.5) is 0 Å². The lowest BCUT2D eigenvalue weighted by Crippen LogP contribution is -2.10. The average molecular weight is 211 g/mol. The molecule has 0 aliphatic rings. The minimum Gasteiger partial charge on any atom is -0.126 e. The normalized spacial score (nSPS) is 15.1. The highest BCUT2D eigenvalue weighted by atomic mass is 35.5. The van der Waals surface area contributed by atoms with E-state index in [0.717, 1.165) is 5.88 Å². The van der Waals surface area contributed by atoms with Gasteiger partial charge in [0.1, 0.15) is 0 Å². The number of hydrogen-bond donors (Lipinski definition) is 0. The van der Waals surface area contributed by atoms with Gasteiger partial charge in [0, 0.05) is 5.88 Å². The van der Waals surface area contributed by atoms with E-state index in [4.69, 9.17) is 11.6 Å². The summed E-state index contributed by atoms with van der Waals surface area (Å²) in [5.74, 6) is 1.88. The Morgan fingerprint density at radius 2 is 1.79 bits per heavy atom. The van der Waals surface area contributed by atoms with E-state index in [1.54, 1.807) is 0 Å². The lowest BCUT2D eigenvalue weighted by atomic mass is 9.87. The van der Waals surface area contributed by atoms with Gasteiger partial charge in [0.2, 0.25) is 0 Å². The topological polar surface area (TPSA) is 0 Å². The molecule has 2 unspecified atom stereocenters. The molecule has 0 aliphatic carbocycles. The van der Waals surface area contributed by atoms with Gasteiger partial charge in [-0.15, -0.1) is 11.6 Å². The second-order valence-electron chi connectivity index (χ2n) is 4.06. The molecular weight excluding hydrogens is 192 g/mol. The SMILES string of the molecule is CCC(C)C(CCl)c1ccc(C)cc1. The van der Waals surface area contributed by atoms with E-state index in [0.29, 0.717) is 11.8 Å². The van der Waals surface area contributed by atoms with Crippen LogP contribution in [0.5, 0.6) is 0 Å². The highest BCUT2D eigenvalue weighted by molar-refractivity contribution is 6.18. The third-order valence-corrected chi connectivity index (χ3v) is 3.34. The Morgan fingerprint density at radius 3 is 2.21 bits per heavy atom. The van der Waals surface area contributed by atoms with E-state index < -0.39 is 0 Å². The number of halogens is 1. The van der Waals surface area contributed by atoms with Crippen LogP contribution >= 0.6 is 11.6 Å². The van der Waals surface area contributed by atoms with Crippen molar-refractivity contribution in [3.63, 3.8) is 0 Å². The molecule has 2 atom stereocenters. The number of rotatable bonds is 4. The maximum absolute atomic E-state index is 6.02. The van der Waals surface area contributed by atoms with Crippen molar-refractivity contribution >= 4 is 11.6 Å². The number of benzene rings is 1. The van der Waals surface area contributed by atoms with Crippen LogP contribution in [0.3, 0.4) is 0 Å². The number of aryl methyl sites for hydroxylation is 1. The number of hydrogen-bond acceptors (Lipinski definition) is 0. The predicted molar refractivity (Wildman–Crippen MR) is 64.1 cm³/mol. The molecule has 0 aromatic heterocycles. The van der Waals surface area contributed by atoms with Crippen LogP contribution in [0.25, 0.3) is 0 Å². The van der Waals surface area contributed by atoms with Gasteiger partial charge in [0.05, 0.1) is 0 Å². The molecule has 0 spiro atoms. The Kier molecular flexibility index (Phi) is 4.47. The average Bonchev–Trinajstić information content (AvgIpc) is 2.21. The van der Waals surface area contributed by atoms with E-state index in [-0.39, 0.29) is 0 Å². The maximum atomic E-state index is 6.02. The molecule has 0 amide bonds. The Bertz CT molecular complexity index is 263. The van der Waals surface area contributed by atoms with Gasteiger partial charge in [-0.05, 0) is 24.3 Å². The van der Waals surface area contributed by atoms with E-state index in [9.17, 15) is 0 Å². The Balaban J connectivity index is 2.84. The first kappa shape index (κ1) is 11.6. The van der Waals surface area contributed by atoms with Crippen LogP contribution < -0.4 is 0 Å². The van der Waals surface area contributed by atoms with Crippen molar-refractivity contribution < 1.29 is 0 Å². The zero-order valence-corrected chi connectivity index (χ0v) is 10.0. The van der Waals surface area contributed by atoms with Crippen LogP contribution in [-0.2, 0) is 0 Å². The summed E-state index contributed by atoms with van der Waals surface area (Å²) in [5.41, 5.74) is 2.69. The van der Waals surface area contributed by atoms with Gasteiger partial charge in [-0.2, -0.15) is 0 Å². The molecule has 0 bridgehead atoms. The smallest absolute Gasteiger partial charge is 0.0294 e. The Labute approximate surface area is 92.3 Å². The van der Waals surface area contributed by atoms with Crippen molar-refractivity contribution in [3.8, 4) is 0 Å². The van der Waals surface area contributed by atoms with Crippen molar-refractivity contribution in [2.24, 2.45) is 5.92 Å². The molecule has 0 N–H and O–H groups in total. The number of alkyl halides is 1. The molecular formula is C13H19Cl. The van der Waals surface area contributed by atoms with Gasteiger partial charge < -0.3 is 0 Å². The van der Waals surface area contributed by atoms with Gasteiger partial charge in [0.15, 0.2) is 0 Å². The Morgan fingerprint density at radius 1 is 1.21 bits per heavy atom. The van der Waals surface area contributed by atoms with Crippen molar-refractivity contribution in [1.82, 2.24) is 0 Å². The molecule has 1 heteroatoms. The zero-order valence-electron chi connectivity index (χ0n) is 9.26. The molecule has 0 radical (unpaired) electrons. The molecule has 0 fully saturated rings. The fourth-order valence-corrected chi connectivity index (χ4v) is 2.15. The minimum atomic E-state index is 0.502. The van der Waals surface area contributed by atoms with Crippen LogP contribution in [0.15, 0.2) is 24.3 Å². The minimum absolute atomic E-state index is 0.502. The van der Waals surface area contributed by atoms with Crippen molar-refractivity contribution in [3.05, 3.63) is 35.4 Å². The summed E-state index contributed by atoms with van der Waals surface area (Å²) in [5, 5.41) is 0. The molecule has 1 rings (SSSR count). The van der Waals surface area contributed by atoms with Gasteiger partial charge in [-0.25, -0.2) is 0 Å². The highest BCUT2D eigenvalue weighted by Gasteiger charge is 2.16. The second kappa shape index (κ2) is 5.41. The molecule has 1 aromatic carbocycles. The first-order chi connectivity index (χ1) is 6.69. The van der Waals surface area contributed by atoms with E-state index in [1.165, 1.54) is 17.5 Å². The summed E-state index contributed by atoms with van der Waals surface area (Å²) in [7, 11) is 0. The monoisotopic (exact) mass is 210 g/mol. The van der Waals surface area contributed by atoms with Gasteiger partial charge >= 0.3 is 0 Å². The zero-order chi connectivity index (χ0) is 10.6. The van der Waals surface area contributed by atoms with Gasteiger partial charge in [-0.1, -0.05) is 50.1 Å². The van der Waals surface area contributed by atoms with Crippen molar-refractivity contribution in [2.75, 3.05) is 5.88 Å². The third-order valence-electron chi connectivity index (χ3n) is 3.00. The highest BCUT2D eigenvalue weighted by Crippen LogP contribution is 2.28. The standard InChI is InChI=1S/C13H19Cl/c1-4-11(3)13(9-14)12-7-5-10(2)6-8-12/h5-8,11,13H,4,9H2,1-3H3. The van der Waals surface area contributed by atoms with E-state index >= 15 is 0 Å². The molecule has 0 aliphatic heterocycles. The van der Waals surface area contributed by atoms with Crippen LogP contribution in [0.1, 0.15) is 37.3 Å². The van der Waals surface area contributed by atoms with Crippen LogP contribution in [-0.4, -0.2) is 5.88 Å². The summed E-state index contributed by atoms with van der Waals surface area (Å²) in [6.07, 6.45) is 1.19. The first-order valence-corrected chi connectivity index (χ1v) is 5.85.